The predicted molar refractivity (Wildman–Crippen MR) is 75.6 cm³/mol. The van der Waals surface area contributed by atoms with Crippen molar-refractivity contribution in [3.05, 3.63) is 65.5 Å². The fourth-order valence-corrected chi connectivity index (χ4v) is 3.19. The molecule has 0 saturated carbocycles. The highest BCUT2D eigenvalue weighted by atomic mass is 33.1. The number of hydrogen-bond donors (Lipinski definition) is 0. The Hall–Kier alpha value is -1.88. The summed E-state index contributed by atoms with van der Waals surface area (Å²) in [7, 11) is 3.27. The molecule has 0 unspecified atom stereocenters. The highest BCUT2D eigenvalue weighted by molar-refractivity contribution is 8.76. The second kappa shape index (κ2) is 6.16. The molecule has 86 valence electrons. The van der Waals surface area contributed by atoms with Crippen molar-refractivity contribution in [2.45, 2.75) is 9.79 Å². The van der Waals surface area contributed by atoms with Crippen molar-refractivity contribution in [1.82, 2.24) is 0 Å². The van der Waals surface area contributed by atoms with E-state index in [-0.39, 0.29) is 0 Å². The molecule has 0 amide bonds. The van der Waals surface area contributed by atoms with Gasteiger partial charge in [-0.15, -0.1) is 0 Å². The molecule has 2 rings (SSSR count). The molecule has 0 aromatic heterocycles. The molecule has 0 fully saturated rings. The molecule has 2 aromatic carbocycles. The zero-order chi connectivity index (χ0) is 12.8. The summed E-state index contributed by atoms with van der Waals surface area (Å²) in [6.45, 7) is 6.88. The van der Waals surface area contributed by atoms with Crippen LogP contribution in [-0.2, 0) is 0 Å². The maximum atomic E-state index is 8.70. The van der Waals surface area contributed by atoms with E-state index in [1.807, 2.05) is 48.5 Å². The van der Waals surface area contributed by atoms with Gasteiger partial charge in [0.1, 0.15) is 0 Å². The molecule has 4 heteroatoms. The maximum Gasteiger partial charge on any atom is 0.187 e. The van der Waals surface area contributed by atoms with E-state index in [1.54, 1.807) is 21.6 Å². The van der Waals surface area contributed by atoms with Crippen LogP contribution < -0.4 is 0 Å². The van der Waals surface area contributed by atoms with Gasteiger partial charge >= 0.3 is 0 Å². The monoisotopic (exact) mass is 268 g/mol. The Morgan fingerprint density at radius 1 is 0.889 bits per heavy atom. The number of rotatable bonds is 3. The third-order valence-electron chi connectivity index (χ3n) is 2.18. The lowest BCUT2D eigenvalue weighted by molar-refractivity contribution is 1.42. The van der Waals surface area contributed by atoms with Gasteiger partial charge in [-0.3, -0.25) is 0 Å². The second-order valence-corrected chi connectivity index (χ2v) is 5.68. The first-order valence-corrected chi connectivity index (χ1v) is 7.29. The Morgan fingerprint density at radius 2 is 1.39 bits per heavy atom. The summed E-state index contributed by atoms with van der Waals surface area (Å²) in [4.78, 5) is 5.57. The van der Waals surface area contributed by atoms with Gasteiger partial charge in [0.2, 0.25) is 0 Å². The normalized spacial score (nSPS) is 9.44. The van der Waals surface area contributed by atoms with Crippen molar-refractivity contribution in [1.29, 1.82) is 5.26 Å². The number of benzene rings is 2. The third-order valence-corrected chi connectivity index (χ3v) is 4.60. The quantitative estimate of drug-likeness (QED) is 0.585. The molecule has 18 heavy (non-hydrogen) atoms. The van der Waals surface area contributed by atoms with Crippen molar-refractivity contribution < 1.29 is 0 Å². The van der Waals surface area contributed by atoms with Crippen LogP contribution in [-0.4, -0.2) is 0 Å². The lowest BCUT2D eigenvalue weighted by atomic mass is 10.2. The van der Waals surface area contributed by atoms with Gasteiger partial charge in [-0.05, 0) is 24.3 Å². The van der Waals surface area contributed by atoms with Crippen molar-refractivity contribution in [2.24, 2.45) is 0 Å². The van der Waals surface area contributed by atoms with Gasteiger partial charge in [0.05, 0.1) is 18.2 Å². The molecule has 0 spiro atoms. The lowest BCUT2D eigenvalue weighted by Crippen LogP contribution is -1.73. The van der Waals surface area contributed by atoms with Gasteiger partial charge in [-0.2, -0.15) is 5.26 Å². The van der Waals surface area contributed by atoms with Crippen molar-refractivity contribution in [3.63, 3.8) is 0 Å². The fourth-order valence-electron chi connectivity index (χ4n) is 1.26. The molecule has 2 aromatic rings. The van der Waals surface area contributed by atoms with E-state index >= 15 is 0 Å². The second-order valence-electron chi connectivity index (χ2n) is 3.41. The van der Waals surface area contributed by atoms with Gasteiger partial charge in [-0.25, -0.2) is 4.85 Å². The van der Waals surface area contributed by atoms with Gasteiger partial charge in [0, 0.05) is 9.79 Å². The highest BCUT2D eigenvalue weighted by Gasteiger charge is 1.98. The van der Waals surface area contributed by atoms with E-state index < -0.39 is 0 Å². The first-order valence-electron chi connectivity index (χ1n) is 5.14. The molecule has 0 aliphatic carbocycles. The minimum Gasteiger partial charge on any atom is -0.238 e. The van der Waals surface area contributed by atoms with Gasteiger partial charge in [0.15, 0.2) is 5.69 Å². The minimum atomic E-state index is 0.655. The molecule has 0 atom stereocenters. The molecule has 0 bridgehead atoms. The van der Waals surface area contributed by atoms with E-state index in [0.29, 0.717) is 11.3 Å². The van der Waals surface area contributed by atoms with Crippen LogP contribution in [0.1, 0.15) is 5.56 Å². The van der Waals surface area contributed by atoms with Gasteiger partial charge < -0.3 is 0 Å². The van der Waals surface area contributed by atoms with E-state index in [0.717, 1.165) is 9.79 Å². The van der Waals surface area contributed by atoms with Crippen LogP contribution in [0.3, 0.4) is 0 Å². The Bertz CT molecular complexity index is 547. The standard InChI is InChI=1S/C14H8N2S2/c1-16-12-4-8-14(9-5-12)18-17-13-6-2-11(10-15)3-7-13/h2-9H. The first-order chi connectivity index (χ1) is 8.81. The number of nitrogens with zero attached hydrogens (tertiary/aromatic N) is 2. The van der Waals surface area contributed by atoms with E-state index in [4.69, 9.17) is 11.8 Å². The molecule has 0 saturated heterocycles. The van der Waals surface area contributed by atoms with Gasteiger partial charge in [0.25, 0.3) is 0 Å². The lowest BCUT2D eigenvalue weighted by Gasteiger charge is -2.01. The zero-order valence-electron chi connectivity index (χ0n) is 9.33. The summed E-state index contributed by atoms with van der Waals surface area (Å²) in [5.74, 6) is 0. The fraction of sp³-hybridized carbons (Fsp3) is 0. The minimum absolute atomic E-state index is 0.655. The Labute approximate surface area is 114 Å². The van der Waals surface area contributed by atoms with Crippen LogP contribution >= 0.6 is 21.6 Å². The summed E-state index contributed by atoms with van der Waals surface area (Å²) in [5.41, 5.74) is 1.33. The summed E-state index contributed by atoms with van der Waals surface area (Å²) < 4.78 is 0. The summed E-state index contributed by atoms with van der Waals surface area (Å²) >= 11 is 0. The smallest absolute Gasteiger partial charge is 0.187 e. The number of nitriles is 1. The maximum absolute atomic E-state index is 8.70. The van der Waals surface area contributed by atoms with Crippen LogP contribution in [0.4, 0.5) is 5.69 Å². The Balaban J connectivity index is 1.98. The predicted octanol–water partition coefficient (Wildman–Crippen LogP) is 4.91. The van der Waals surface area contributed by atoms with Crippen molar-refractivity contribution in [2.75, 3.05) is 0 Å². The van der Waals surface area contributed by atoms with Crippen molar-refractivity contribution in [3.8, 4) is 6.07 Å². The molecule has 2 nitrogen and oxygen atoms in total. The molecule has 0 heterocycles. The van der Waals surface area contributed by atoms with E-state index in [9.17, 15) is 0 Å². The summed E-state index contributed by atoms with van der Waals surface area (Å²) in [6, 6.07) is 17.1. The Morgan fingerprint density at radius 3 is 1.83 bits per heavy atom. The average molecular weight is 268 g/mol. The molecular weight excluding hydrogens is 260 g/mol. The first kappa shape index (κ1) is 12.6. The highest BCUT2D eigenvalue weighted by Crippen LogP contribution is 2.37. The van der Waals surface area contributed by atoms with Crippen molar-refractivity contribution >= 4 is 27.3 Å². The average Bonchev–Trinajstić information content (AvgIpc) is 2.46. The Kier molecular flexibility index (Phi) is 4.30. The molecule has 0 aliphatic rings. The molecule has 0 radical (unpaired) electrons. The SMILES string of the molecule is [C-]#[N+]c1ccc(SSc2ccc(C#N)cc2)cc1. The largest absolute Gasteiger partial charge is 0.238 e. The summed E-state index contributed by atoms with van der Waals surface area (Å²) in [5, 5.41) is 8.70. The molecule has 0 N–H and O–H groups in total. The van der Waals surface area contributed by atoms with E-state index in [2.05, 4.69) is 10.9 Å². The van der Waals surface area contributed by atoms with Crippen LogP contribution in [0.25, 0.3) is 4.85 Å². The number of hydrogen-bond acceptors (Lipinski definition) is 3. The van der Waals surface area contributed by atoms with Gasteiger partial charge in [-0.1, -0.05) is 45.9 Å². The summed E-state index contributed by atoms with van der Waals surface area (Å²) in [6.07, 6.45) is 0. The molecule has 0 aliphatic heterocycles. The van der Waals surface area contributed by atoms with Crippen LogP contribution in [0.15, 0.2) is 58.3 Å². The topological polar surface area (TPSA) is 28.1 Å². The zero-order valence-corrected chi connectivity index (χ0v) is 11.0. The van der Waals surface area contributed by atoms with E-state index in [1.165, 1.54) is 0 Å². The van der Waals surface area contributed by atoms with Crippen LogP contribution in [0.5, 0.6) is 0 Å². The van der Waals surface area contributed by atoms with Crippen LogP contribution in [0.2, 0.25) is 0 Å². The van der Waals surface area contributed by atoms with Crippen LogP contribution in [0, 0.1) is 17.9 Å². The molecular formula is C14H8N2S2. The third kappa shape index (κ3) is 3.30.